The van der Waals surface area contributed by atoms with Crippen molar-refractivity contribution in [3.05, 3.63) is 65.0 Å². The van der Waals surface area contributed by atoms with Gasteiger partial charge in [-0.25, -0.2) is 4.79 Å². The SMILES string of the molecule is Cc1ccc(C(C)(C)CNC(=O)C(=O)O)cc1.Cc1ccc(C(C)(C)O)nc1. The highest BCUT2D eigenvalue weighted by atomic mass is 16.4. The zero-order valence-corrected chi connectivity index (χ0v) is 17.4. The molecule has 0 unspecified atom stereocenters. The summed E-state index contributed by atoms with van der Waals surface area (Å²) in [5, 5.41) is 20.4. The molecule has 1 heterocycles. The number of hydrogen-bond donors (Lipinski definition) is 3. The van der Waals surface area contributed by atoms with Gasteiger partial charge in [-0.15, -0.1) is 0 Å². The van der Waals surface area contributed by atoms with E-state index in [2.05, 4.69) is 10.3 Å². The highest BCUT2D eigenvalue weighted by molar-refractivity contribution is 6.31. The Morgan fingerprint density at radius 2 is 1.50 bits per heavy atom. The summed E-state index contributed by atoms with van der Waals surface area (Å²) in [6, 6.07) is 11.8. The molecule has 0 saturated carbocycles. The van der Waals surface area contributed by atoms with Gasteiger partial charge in [-0.05, 0) is 44.9 Å². The number of pyridine rings is 1. The average molecular weight is 386 g/mol. The van der Waals surface area contributed by atoms with Crippen LogP contribution in [-0.2, 0) is 20.6 Å². The Hall–Kier alpha value is -2.73. The van der Waals surface area contributed by atoms with E-state index in [1.807, 2.05) is 64.1 Å². The van der Waals surface area contributed by atoms with Crippen LogP contribution in [0.5, 0.6) is 0 Å². The van der Waals surface area contributed by atoms with Crippen molar-refractivity contribution in [2.24, 2.45) is 0 Å². The summed E-state index contributed by atoms with van der Waals surface area (Å²) in [4.78, 5) is 25.4. The maximum Gasteiger partial charge on any atom is 0.394 e. The van der Waals surface area contributed by atoms with Crippen molar-refractivity contribution < 1.29 is 19.8 Å². The number of benzene rings is 1. The molecule has 0 radical (unpaired) electrons. The van der Waals surface area contributed by atoms with E-state index in [9.17, 15) is 14.7 Å². The third kappa shape index (κ3) is 7.48. The Balaban J connectivity index is 0.000000307. The van der Waals surface area contributed by atoms with Crippen molar-refractivity contribution >= 4 is 11.9 Å². The second-order valence-electron chi connectivity index (χ2n) is 8.02. The smallest absolute Gasteiger partial charge is 0.394 e. The van der Waals surface area contributed by atoms with Gasteiger partial charge in [-0.3, -0.25) is 9.78 Å². The van der Waals surface area contributed by atoms with Gasteiger partial charge in [0.25, 0.3) is 0 Å². The number of carboxylic acid groups (broad SMARTS) is 1. The molecule has 152 valence electrons. The van der Waals surface area contributed by atoms with Crippen LogP contribution >= 0.6 is 0 Å². The molecule has 3 N–H and O–H groups in total. The zero-order chi connectivity index (χ0) is 21.5. The highest BCUT2D eigenvalue weighted by Crippen LogP contribution is 2.22. The molecule has 0 spiro atoms. The first-order chi connectivity index (χ1) is 12.8. The maximum atomic E-state index is 11.0. The van der Waals surface area contributed by atoms with Gasteiger partial charge in [0.1, 0.15) is 5.60 Å². The van der Waals surface area contributed by atoms with Crippen molar-refractivity contribution in [3.63, 3.8) is 0 Å². The summed E-state index contributed by atoms with van der Waals surface area (Å²) < 4.78 is 0. The number of carbonyl (C=O) groups is 2. The fourth-order valence-electron chi connectivity index (χ4n) is 2.31. The number of rotatable bonds is 4. The summed E-state index contributed by atoms with van der Waals surface area (Å²) in [5.74, 6) is -2.42. The minimum atomic E-state index is -1.45. The molecule has 6 nitrogen and oxygen atoms in total. The fraction of sp³-hybridized carbons (Fsp3) is 0.409. The van der Waals surface area contributed by atoms with Crippen LogP contribution in [0.3, 0.4) is 0 Å². The number of aryl methyl sites for hydroxylation is 2. The van der Waals surface area contributed by atoms with Crippen LogP contribution in [0, 0.1) is 13.8 Å². The van der Waals surface area contributed by atoms with Crippen molar-refractivity contribution in [3.8, 4) is 0 Å². The topological polar surface area (TPSA) is 99.5 Å². The summed E-state index contributed by atoms with van der Waals surface area (Å²) in [7, 11) is 0. The van der Waals surface area contributed by atoms with E-state index in [-0.39, 0.29) is 5.41 Å². The van der Waals surface area contributed by atoms with E-state index in [0.29, 0.717) is 12.2 Å². The summed E-state index contributed by atoms with van der Waals surface area (Å²) in [5.41, 5.74) is 2.93. The number of carboxylic acids is 1. The number of nitrogens with zero attached hydrogens (tertiary/aromatic N) is 1. The minimum absolute atomic E-state index is 0.293. The predicted octanol–water partition coefficient (Wildman–Crippen LogP) is 3.09. The Bertz CT molecular complexity index is 789. The van der Waals surface area contributed by atoms with Crippen LogP contribution < -0.4 is 5.32 Å². The van der Waals surface area contributed by atoms with Gasteiger partial charge < -0.3 is 15.5 Å². The molecule has 0 fully saturated rings. The Morgan fingerprint density at radius 3 is 1.93 bits per heavy atom. The van der Waals surface area contributed by atoms with Gasteiger partial charge in [0, 0.05) is 18.2 Å². The second-order valence-corrected chi connectivity index (χ2v) is 8.02. The maximum absolute atomic E-state index is 11.0. The molecule has 6 heteroatoms. The largest absolute Gasteiger partial charge is 0.474 e. The minimum Gasteiger partial charge on any atom is -0.474 e. The quantitative estimate of drug-likeness (QED) is 0.701. The third-order valence-electron chi connectivity index (χ3n) is 4.26. The molecule has 2 rings (SSSR count). The standard InChI is InChI=1S/C13H17NO3.C9H13NO/c1-9-4-6-10(7-5-9)13(2,3)8-14-11(15)12(16)17;1-7-4-5-8(10-6-7)9(2,3)11/h4-7H,8H2,1-3H3,(H,14,15)(H,16,17);4-6,11H,1-3H3. The number of aliphatic hydroxyl groups is 1. The number of aromatic nitrogens is 1. The first-order valence-corrected chi connectivity index (χ1v) is 9.07. The van der Waals surface area contributed by atoms with Gasteiger partial charge in [-0.2, -0.15) is 0 Å². The first kappa shape index (κ1) is 23.3. The molecule has 1 aromatic carbocycles. The van der Waals surface area contributed by atoms with Crippen LogP contribution in [-0.4, -0.2) is 33.6 Å². The highest BCUT2D eigenvalue weighted by Gasteiger charge is 2.22. The molecule has 0 aliphatic heterocycles. The summed E-state index contributed by atoms with van der Waals surface area (Å²) >= 11 is 0. The lowest BCUT2D eigenvalue weighted by Gasteiger charge is -2.25. The van der Waals surface area contributed by atoms with E-state index >= 15 is 0 Å². The van der Waals surface area contributed by atoms with Gasteiger partial charge in [0.15, 0.2) is 0 Å². The van der Waals surface area contributed by atoms with Crippen molar-refractivity contribution in [2.45, 2.75) is 52.6 Å². The lowest BCUT2D eigenvalue weighted by molar-refractivity contribution is -0.150. The molecule has 28 heavy (non-hydrogen) atoms. The Morgan fingerprint density at radius 1 is 0.964 bits per heavy atom. The van der Waals surface area contributed by atoms with Crippen molar-refractivity contribution in [2.75, 3.05) is 6.54 Å². The van der Waals surface area contributed by atoms with Crippen molar-refractivity contribution in [1.29, 1.82) is 0 Å². The zero-order valence-electron chi connectivity index (χ0n) is 17.4. The van der Waals surface area contributed by atoms with E-state index < -0.39 is 17.5 Å². The van der Waals surface area contributed by atoms with E-state index in [1.54, 1.807) is 20.0 Å². The van der Waals surface area contributed by atoms with E-state index in [4.69, 9.17) is 5.11 Å². The number of hydrogen-bond acceptors (Lipinski definition) is 4. The average Bonchev–Trinajstić information content (AvgIpc) is 2.60. The summed E-state index contributed by atoms with van der Waals surface area (Å²) in [6.07, 6.45) is 1.76. The van der Waals surface area contributed by atoms with E-state index in [1.165, 1.54) is 5.56 Å². The molecular formula is C22H30N2O4. The van der Waals surface area contributed by atoms with Gasteiger partial charge >= 0.3 is 11.9 Å². The molecule has 1 aromatic heterocycles. The first-order valence-electron chi connectivity index (χ1n) is 9.07. The molecule has 0 bridgehead atoms. The van der Waals surface area contributed by atoms with Gasteiger partial charge in [0.2, 0.25) is 0 Å². The fourth-order valence-corrected chi connectivity index (χ4v) is 2.31. The van der Waals surface area contributed by atoms with Crippen LogP contribution in [0.15, 0.2) is 42.6 Å². The Labute approximate surface area is 166 Å². The van der Waals surface area contributed by atoms with Crippen LogP contribution in [0.2, 0.25) is 0 Å². The Kier molecular flexibility index (Phi) is 7.88. The molecule has 0 saturated heterocycles. The van der Waals surface area contributed by atoms with Gasteiger partial charge in [-0.1, -0.05) is 49.7 Å². The number of amides is 1. The lowest BCUT2D eigenvalue weighted by atomic mass is 9.84. The van der Waals surface area contributed by atoms with Crippen LogP contribution in [0.4, 0.5) is 0 Å². The normalized spacial score (nSPS) is 11.2. The van der Waals surface area contributed by atoms with Crippen LogP contribution in [0.1, 0.15) is 50.1 Å². The molecule has 0 atom stereocenters. The van der Waals surface area contributed by atoms with Gasteiger partial charge in [0.05, 0.1) is 5.69 Å². The monoisotopic (exact) mass is 386 g/mol. The number of aliphatic carboxylic acids is 1. The molecule has 2 aromatic rings. The van der Waals surface area contributed by atoms with Crippen LogP contribution in [0.25, 0.3) is 0 Å². The predicted molar refractivity (Wildman–Crippen MR) is 109 cm³/mol. The summed E-state index contributed by atoms with van der Waals surface area (Å²) in [6.45, 7) is 11.6. The number of carbonyl (C=O) groups excluding carboxylic acids is 1. The van der Waals surface area contributed by atoms with E-state index in [0.717, 1.165) is 11.1 Å². The second kappa shape index (κ2) is 9.46. The number of nitrogens with one attached hydrogen (secondary N) is 1. The third-order valence-corrected chi connectivity index (χ3v) is 4.26. The molecular weight excluding hydrogens is 356 g/mol. The molecule has 0 aliphatic carbocycles. The molecule has 0 aliphatic rings. The molecule has 1 amide bonds. The lowest BCUT2D eigenvalue weighted by Crippen LogP contribution is -2.39. The van der Waals surface area contributed by atoms with Crippen molar-refractivity contribution in [1.82, 2.24) is 10.3 Å².